The summed E-state index contributed by atoms with van der Waals surface area (Å²) in [6, 6.07) is 9.10. The Morgan fingerprint density at radius 1 is 1.17 bits per heavy atom. The van der Waals surface area contributed by atoms with Gasteiger partial charge in [0, 0.05) is 36.0 Å². The number of carbonyl (C=O) groups excluding carboxylic acids is 2. The molecule has 2 aromatic rings. The van der Waals surface area contributed by atoms with E-state index >= 15 is 0 Å². The van der Waals surface area contributed by atoms with Gasteiger partial charge in [0.2, 0.25) is 11.8 Å². The third-order valence-corrected chi connectivity index (χ3v) is 3.74. The minimum Gasteiger partial charge on any atom is -0.472 e. The molecule has 23 heavy (non-hydrogen) atoms. The van der Waals surface area contributed by atoms with Crippen LogP contribution in [0.25, 0.3) is 6.08 Å². The lowest BCUT2D eigenvalue weighted by atomic mass is 10.1. The zero-order valence-electron chi connectivity index (χ0n) is 12.7. The highest BCUT2D eigenvalue weighted by molar-refractivity contribution is 6.02. The molecule has 1 aliphatic rings. The Labute approximate surface area is 134 Å². The average Bonchev–Trinajstić information content (AvgIpc) is 3.08. The van der Waals surface area contributed by atoms with Crippen molar-refractivity contribution in [3.63, 3.8) is 0 Å². The number of nitrogens with one attached hydrogen (secondary N) is 1. The Kier molecular flexibility index (Phi) is 4.57. The first-order valence-corrected chi connectivity index (χ1v) is 7.64. The zero-order valence-corrected chi connectivity index (χ0v) is 12.7. The van der Waals surface area contributed by atoms with Crippen LogP contribution >= 0.6 is 0 Å². The Balaban J connectivity index is 1.61. The topological polar surface area (TPSA) is 62.6 Å². The molecule has 1 N–H and O–H groups in total. The van der Waals surface area contributed by atoms with Crippen molar-refractivity contribution in [1.29, 1.82) is 0 Å². The Bertz CT molecular complexity index is 702. The van der Waals surface area contributed by atoms with Crippen LogP contribution in [-0.4, -0.2) is 18.4 Å². The highest BCUT2D eigenvalue weighted by Crippen LogP contribution is 2.22. The van der Waals surface area contributed by atoms with Crippen molar-refractivity contribution in [2.75, 3.05) is 16.8 Å². The maximum Gasteiger partial charge on any atom is 0.248 e. The highest BCUT2D eigenvalue weighted by atomic mass is 16.3. The molecule has 0 aliphatic carbocycles. The number of furan rings is 1. The normalized spacial score (nSPS) is 15.1. The van der Waals surface area contributed by atoms with Crippen molar-refractivity contribution in [1.82, 2.24) is 0 Å². The quantitative estimate of drug-likeness (QED) is 0.880. The molecule has 1 fully saturated rings. The zero-order chi connectivity index (χ0) is 16.1. The summed E-state index contributed by atoms with van der Waals surface area (Å²) in [6.45, 7) is 0.762. The number of piperidine rings is 1. The van der Waals surface area contributed by atoms with E-state index in [0.717, 1.165) is 30.6 Å². The maximum absolute atomic E-state index is 11.9. The fraction of sp³-hybridized carbons (Fsp3) is 0.222. The molecule has 3 rings (SSSR count). The maximum atomic E-state index is 11.9. The van der Waals surface area contributed by atoms with Gasteiger partial charge in [0.25, 0.3) is 0 Å². The molecule has 0 saturated carbocycles. The number of nitrogens with zero attached hydrogens (tertiary/aromatic N) is 1. The fourth-order valence-electron chi connectivity index (χ4n) is 2.53. The van der Waals surface area contributed by atoms with Gasteiger partial charge in [-0.25, -0.2) is 0 Å². The van der Waals surface area contributed by atoms with Crippen LogP contribution < -0.4 is 10.2 Å². The van der Waals surface area contributed by atoms with E-state index in [4.69, 9.17) is 4.42 Å². The predicted octanol–water partition coefficient (Wildman–Crippen LogP) is 3.45. The van der Waals surface area contributed by atoms with Gasteiger partial charge in [-0.05, 0) is 49.2 Å². The standard InChI is InChI=1S/C18H18N2O3/c21-17(9-4-14-10-12-23-13-14)19-15-5-7-16(8-6-15)20-11-2-1-3-18(20)22/h4-10,12-13H,1-3,11H2,(H,19,21)/b9-4+. The van der Waals surface area contributed by atoms with Gasteiger partial charge in [-0.15, -0.1) is 0 Å². The molecule has 5 nitrogen and oxygen atoms in total. The number of amides is 2. The minimum atomic E-state index is -0.215. The lowest BCUT2D eigenvalue weighted by Crippen LogP contribution is -2.35. The molecule has 1 aliphatic heterocycles. The Morgan fingerprint density at radius 2 is 2.00 bits per heavy atom. The highest BCUT2D eigenvalue weighted by Gasteiger charge is 2.19. The van der Waals surface area contributed by atoms with Gasteiger partial charge >= 0.3 is 0 Å². The van der Waals surface area contributed by atoms with Crippen LogP contribution in [0.3, 0.4) is 0 Å². The molecule has 0 radical (unpaired) electrons. The Morgan fingerprint density at radius 3 is 2.70 bits per heavy atom. The summed E-state index contributed by atoms with van der Waals surface area (Å²) < 4.78 is 4.93. The lowest BCUT2D eigenvalue weighted by Gasteiger charge is -2.26. The molecule has 2 heterocycles. The molecule has 5 heteroatoms. The number of carbonyl (C=O) groups is 2. The summed E-state index contributed by atoms with van der Waals surface area (Å²) in [4.78, 5) is 25.5. The first-order valence-electron chi connectivity index (χ1n) is 7.64. The van der Waals surface area contributed by atoms with Crippen LogP contribution in [0.4, 0.5) is 11.4 Å². The van der Waals surface area contributed by atoms with Gasteiger partial charge in [-0.2, -0.15) is 0 Å². The average molecular weight is 310 g/mol. The van der Waals surface area contributed by atoms with Gasteiger partial charge in [0.05, 0.1) is 12.5 Å². The van der Waals surface area contributed by atoms with Crippen molar-refractivity contribution in [2.45, 2.75) is 19.3 Å². The van der Waals surface area contributed by atoms with E-state index in [2.05, 4.69) is 5.32 Å². The molecule has 0 unspecified atom stereocenters. The molecule has 0 bridgehead atoms. The van der Waals surface area contributed by atoms with Gasteiger partial charge in [-0.3, -0.25) is 9.59 Å². The van der Waals surface area contributed by atoms with Crippen molar-refractivity contribution in [3.8, 4) is 0 Å². The third kappa shape index (κ3) is 3.88. The van der Waals surface area contributed by atoms with Crippen LogP contribution in [0.15, 0.2) is 53.4 Å². The molecule has 0 spiro atoms. The van der Waals surface area contributed by atoms with Gasteiger partial charge in [0.15, 0.2) is 0 Å². The van der Waals surface area contributed by atoms with Crippen molar-refractivity contribution >= 4 is 29.3 Å². The van der Waals surface area contributed by atoms with E-state index in [1.165, 1.54) is 6.08 Å². The van der Waals surface area contributed by atoms with Crippen molar-refractivity contribution in [2.24, 2.45) is 0 Å². The SMILES string of the molecule is O=C(/C=C/c1ccoc1)Nc1ccc(N2CCCCC2=O)cc1. The third-order valence-electron chi connectivity index (χ3n) is 3.74. The van der Waals surface area contributed by atoms with E-state index in [1.807, 2.05) is 12.1 Å². The van der Waals surface area contributed by atoms with Crippen LogP contribution in [0.1, 0.15) is 24.8 Å². The van der Waals surface area contributed by atoms with E-state index in [-0.39, 0.29) is 11.8 Å². The molecule has 2 amide bonds. The molecule has 0 atom stereocenters. The summed E-state index contributed by atoms with van der Waals surface area (Å²) in [7, 11) is 0. The minimum absolute atomic E-state index is 0.163. The number of anilines is 2. The number of hydrogen-bond acceptors (Lipinski definition) is 3. The molecular weight excluding hydrogens is 292 g/mol. The summed E-state index contributed by atoms with van der Waals surface area (Å²) in [5.41, 5.74) is 2.40. The van der Waals surface area contributed by atoms with Gasteiger partial charge in [0.1, 0.15) is 0 Å². The first-order chi connectivity index (χ1) is 11.2. The predicted molar refractivity (Wildman–Crippen MR) is 89.0 cm³/mol. The molecule has 118 valence electrons. The van der Waals surface area contributed by atoms with Crippen LogP contribution in [-0.2, 0) is 9.59 Å². The molecule has 1 saturated heterocycles. The number of benzene rings is 1. The van der Waals surface area contributed by atoms with Crippen molar-refractivity contribution in [3.05, 3.63) is 54.5 Å². The Hall–Kier alpha value is -2.82. The van der Waals surface area contributed by atoms with E-state index in [0.29, 0.717) is 12.1 Å². The molecule has 1 aromatic carbocycles. The smallest absolute Gasteiger partial charge is 0.248 e. The second kappa shape index (κ2) is 6.96. The lowest BCUT2D eigenvalue weighted by molar-refractivity contribution is -0.119. The van der Waals surface area contributed by atoms with Gasteiger partial charge in [-0.1, -0.05) is 0 Å². The summed E-state index contributed by atoms with van der Waals surface area (Å²) in [5, 5.41) is 2.79. The summed E-state index contributed by atoms with van der Waals surface area (Å²) >= 11 is 0. The fourth-order valence-corrected chi connectivity index (χ4v) is 2.53. The molecule has 1 aromatic heterocycles. The second-order valence-corrected chi connectivity index (χ2v) is 5.43. The number of hydrogen-bond donors (Lipinski definition) is 1. The van der Waals surface area contributed by atoms with Crippen LogP contribution in [0, 0.1) is 0 Å². The second-order valence-electron chi connectivity index (χ2n) is 5.43. The van der Waals surface area contributed by atoms with Crippen molar-refractivity contribution < 1.29 is 14.0 Å². The summed E-state index contributed by atoms with van der Waals surface area (Å²) in [6.07, 6.45) is 8.85. The first kappa shape index (κ1) is 15.1. The van der Waals surface area contributed by atoms with Crippen LogP contribution in [0.2, 0.25) is 0 Å². The summed E-state index contributed by atoms with van der Waals surface area (Å²) in [5.74, 6) is -0.0518. The van der Waals surface area contributed by atoms with Gasteiger partial charge < -0.3 is 14.6 Å². The van der Waals surface area contributed by atoms with E-state index in [1.54, 1.807) is 41.7 Å². The largest absolute Gasteiger partial charge is 0.472 e. The monoisotopic (exact) mass is 310 g/mol. The van der Waals surface area contributed by atoms with Crippen LogP contribution in [0.5, 0.6) is 0 Å². The number of rotatable bonds is 4. The van der Waals surface area contributed by atoms with E-state index < -0.39 is 0 Å². The molecular formula is C18H18N2O3. The van der Waals surface area contributed by atoms with E-state index in [9.17, 15) is 9.59 Å².